The van der Waals surface area contributed by atoms with E-state index in [1.807, 2.05) is 0 Å². The summed E-state index contributed by atoms with van der Waals surface area (Å²) >= 11 is 0. The molecular weight excluding hydrogens is 224 g/mol. The minimum absolute atomic E-state index is 0.437. The van der Waals surface area contributed by atoms with E-state index in [1.54, 1.807) is 0 Å². The van der Waals surface area contributed by atoms with Gasteiger partial charge in [-0.25, -0.2) is 0 Å². The molecule has 0 amide bonds. The zero-order valence-corrected chi connectivity index (χ0v) is 12.4. The molecule has 1 N–H and O–H groups in total. The summed E-state index contributed by atoms with van der Waals surface area (Å²) in [5, 5.41) is 3.57. The lowest BCUT2D eigenvalue weighted by Crippen LogP contribution is -2.48. The normalized spacial score (nSPS) is 25.3. The van der Waals surface area contributed by atoms with Gasteiger partial charge in [0.25, 0.3) is 0 Å². The summed E-state index contributed by atoms with van der Waals surface area (Å²) in [6.07, 6.45) is 5.30. The Morgan fingerprint density at radius 1 is 1.33 bits per heavy atom. The van der Waals surface area contributed by atoms with Crippen molar-refractivity contribution in [2.75, 3.05) is 39.9 Å². The molecule has 18 heavy (non-hydrogen) atoms. The maximum Gasteiger partial charge on any atom is 0.0472 e. The average molecular weight is 254 g/mol. The van der Waals surface area contributed by atoms with Crippen LogP contribution in [0.5, 0.6) is 0 Å². The molecule has 0 radical (unpaired) electrons. The van der Waals surface area contributed by atoms with E-state index in [-0.39, 0.29) is 0 Å². The van der Waals surface area contributed by atoms with E-state index in [9.17, 15) is 0 Å². The zero-order valence-electron chi connectivity index (χ0n) is 12.4. The van der Waals surface area contributed by atoms with Gasteiger partial charge < -0.3 is 15.0 Å². The van der Waals surface area contributed by atoms with Crippen molar-refractivity contribution in [1.82, 2.24) is 10.2 Å². The van der Waals surface area contributed by atoms with Crippen LogP contribution < -0.4 is 5.32 Å². The van der Waals surface area contributed by atoms with Gasteiger partial charge in [-0.2, -0.15) is 0 Å². The van der Waals surface area contributed by atoms with E-state index >= 15 is 0 Å². The molecule has 0 aromatic heterocycles. The topological polar surface area (TPSA) is 24.5 Å². The second-order valence-electron chi connectivity index (χ2n) is 6.39. The van der Waals surface area contributed by atoms with Gasteiger partial charge in [-0.15, -0.1) is 0 Å². The van der Waals surface area contributed by atoms with E-state index in [0.29, 0.717) is 5.41 Å². The van der Waals surface area contributed by atoms with Crippen LogP contribution in [-0.4, -0.2) is 50.8 Å². The van der Waals surface area contributed by atoms with E-state index in [2.05, 4.69) is 31.1 Å². The van der Waals surface area contributed by atoms with Crippen molar-refractivity contribution in [2.24, 2.45) is 11.3 Å². The van der Waals surface area contributed by atoms with Crippen molar-refractivity contribution in [2.45, 2.75) is 45.6 Å². The van der Waals surface area contributed by atoms with Crippen molar-refractivity contribution in [3.8, 4) is 0 Å². The van der Waals surface area contributed by atoms with Crippen molar-refractivity contribution in [3.05, 3.63) is 0 Å². The molecule has 0 bridgehead atoms. The van der Waals surface area contributed by atoms with Crippen LogP contribution in [0.25, 0.3) is 0 Å². The third-order valence-electron chi connectivity index (χ3n) is 4.89. The Morgan fingerprint density at radius 3 is 2.56 bits per heavy atom. The quantitative estimate of drug-likeness (QED) is 0.753. The Balaban J connectivity index is 1.90. The minimum Gasteiger partial charge on any atom is -0.381 e. The molecular formula is C15H30N2O. The van der Waals surface area contributed by atoms with Gasteiger partial charge in [-0.1, -0.05) is 6.92 Å². The lowest BCUT2D eigenvalue weighted by Gasteiger charge is -2.42. The molecule has 1 heterocycles. The fourth-order valence-corrected chi connectivity index (χ4v) is 3.20. The summed E-state index contributed by atoms with van der Waals surface area (Å²) in [5.74, 6) is 0.964. The molecule has 1 aliphatic carbocycles. The largest absolute Gasteiger partial charge is 0.381 e. The third kappa shape index (κ3) is 3.69. The van der Waals surface area contributed by atoms with Crippen molar-refractivity contribution in [1.29, 1.82) is 0 Å². The summed E-state index contributed by atoms with van der Waals surface area (Å²) in [4.78, 5) is 2.60. The first-order chi connectivity index (χ1) is 8.67. The maximum absolute atomic E-state index is 5.56. The molecule has 106 valence electrons. The second-order valence-corrected chi connectivity index (χ2v) is 6.39. The highest BCUT2D eigenvalue weighted by atomic mass is 16.5. The average Bonchev–Trinajstić information content (AvgIpc) is 3.21. The van der Waals surface area contributed by atoms with Crippen LogP contribution in [0.4, 0.5) is 0 Å². The number of nitrogens with zero attached hydrogens (tertiary/aromatic N) is 1. The van der Waals surface area contributed by atoms with E-state index in [1.165, 1.54) is 32.2 Å². The molecule has 0 aromatic rings. The van der Waals surface area contributed by atoms with Gasteiger partial charge in [0.2, 0.25) is 0 Å². The van der Waals surface area contributed by atoms with Crippen molar-refractivity contribution >= 4 is 0 Å². The molecule has 0 aromatic carbocycles. The monoisotopic (exact) mass is 254 g/mol. The number of rotatable bonds is 7. The summed E-state index contributed by atoms with van der Waals surface area (Å²) in [6, 6.07) is 0.756. The molecule has 2 aliphatic rings. The fraction of sp³-hybridized carbons (Fsp3) is 1.00. The second kappa shape index (κ2) is 6.36. The smallest absolute Gasteiger partial charge is 0.0472 e. The van der Waals surface area contributed by atoms with Crippen molar-refractivity contribution in [3.63, 3.8) is 0 Å². The van der Waals surface area contributed by atoms with Crippen LogP contribution in [0.3, 0.4) is 0 Å². The Labute approximate surface area is 112 Å². The molecule has 1 saturated heterocycles. The Morgan fingerprint density at radius 2 is 2.00 bits per heavy atom. The van der Waals surface area contributed by atoms with Crippen LogP contribution >= 0.6 is 0 Å². The van der Waals surface area contributed by atoms with Gasteiger partial charge in [0.1, 0.15) is 0 Å². The maximum atomic E-state index is 5.56. The van der Waals surface area contributed by atoms with E-state index in [0.717, 1.165) is 38.3 Å². The molecule has 1 atom stereocenters. The van der Waals surface area contributed by atoms with E-state index < -0.39 is 0 Å². The van der Waals surface area contributed by atoms with E-state index in [4.69, 9.17) is 4.74 Å². The summed E-state index contributed by atoms with van der Waals surface area (Å²) < 4.78 is 5.56. The highest BCUT2D eigenvalue weighted by Crippen LogP contribution is 2.37. The van der Waals surface area contributed by atoms with Crippen LogP contribution in [0, 0.1) is 11.3 Å². The van der Waals surface area contributed by atoms with Gasteiger partial charge >= 0.3 is 0 Å². The van der Waals surface area contributed by atoms with Crippen LogP contribution in [0.2, 0.25) is 0 Å². The SMILES string of the molecule is CCNCC1(CN(C)C(C)C2CC2)CCOCC1. The van der Waals surface area contributed by atoms with Gasteiger partial charge in [-0.05, 0) is 57.5 Å². The summed E-state index contributed by atoms with van der Waals surface area (Å²) in [7, 11) is 2.31. The molecule has 1 aliphatic heterocycles. The predicted octanol–water partition coefficient (Wildman–Crippen LogP) is 2.12. The van der Waals surface area contributed by atoms with Gasteiger partial charge in [0, 0.05) is 32.3 Å². The number of ether oxygens (including phenoxy) is 1. The molecule has 2 rings (SSSR count). The van der Waals surface area contributed by atoms with Gasteiger partial charge in [0.05, 0.1) is 0 Å². The van der Waals surface area contributed by atoms with Gasteiger partial charge in [-0.3, -0.25) is 0 Å². The zero-order chi connectivity index (χ0) is 13.0. The minimum atomic E-state index is 0.437. The van der Waals surface area contributed by atoms with Crippen LogP contribution in [0.1, 0.15) is 39.5 Å². The Kier molecular flexibility index (Phi) is 5.05. The molecule has 0 spiro atoms. The highest BCUT2D eigenvalue weighted by molar-refractivity contribution is 4.90. The summed E-state index contributed by atoms with van der Waals surface area (Å²) in [5.41, 5.74) is 0.437. The van der Waals surface area contributed by atoms with Crippen LogP contribution in [-0.2, 0) is 4.74 Å². The highest BCUT2D eigenvalue weighted by Gasteiger charge is 2.37. The Hall–Kier alpha value is -0.120. The predicted molar refractivity (Wildman–Crippen MR) is 75.8 cm³/mol. The molecule has 1 saturated carbocycles. The van der Waals surface area contributed by atoms with Crippen LogP contribution in [0.15, 0.2) is 0 Å². The first-order valence-corrected chi connectivity index (χ1v) is 7.65. The number of hydrogen-bond acceptors (Lipinski definition) is 3. The standard InChI is InChI=1S/C15H30N2O/c1-4-16-11-15(7-9-18-10-8-15)12-17(3)13(2)14-5-6-14/h13-14,16H,4-12H2,1-3H3. The lowest BCUT2D eigenvalue weighted by atomic mass is 9.79. The fourth-order valence-electron chi connectivity index (χ4n) is 3.20. The summed E-state index contributed by atoms with van der Waals surface area (Å²) in [6.45, 7) is 9.93. The molecule has 3 nitrogen and oxygen atoms in total. The Bertz CT molecular complexity index is 247. The van der Waals surface area contributed by atoms with Crippen molar-refractivity contribution < 1.29 is 4.74 Å². The third-order valence-corrected chi connectivity index (χ3v) is 4.89. The first-order valence-electron chi connectivity index (χ1n) is 7.65. The molecule has 1 unspecified atom stereocenters. The number of hydrogen-bond donors (Lipinski definition) is 1. The molecule has 2 fully saturated rings. The number of nitrogens with one attached hydrogen (secondary N) is 1. The molecule has 3 heteroatoms. The van der Waals surface area contributed by atoms with Gasteiger partial charge in [0.15, 0.2) is 0 Å². The lowest BCUT2D eigenvalue weighted by molar-refractivity contribution is -0.00672. The first kappa shape index (κ1) is 14.3.